The Kier molecular flexibility index (Phi) is 5.08. The van der Waals surface area contributed by atoms with Gasteiger partial charge in [-0.2, -0.15) is 0 Å². The van der Waals surface area contributed by atoms with Crippen LogP contribution in [-0.4, -0.2) is 28.6 Å². The lowest BCUT2D eigenvalue weighted by atomic mass is 10.1. The Morgan fingerprint density at radius 3 is 2.76 bits per heavy atom. The van der Waals surface area contributed by atoms with Crippen molar-refractivity contribution in [3.8, 4) is 0 Å². The van der Waals surface area contributed by atoms with E-state index in [2.05, 4.69) is 15.9 Å². The fourth-order valence-electron chi connectivity index (χ4n) is 1.56. The number of halogens is 2. The van der Waals surface area contributed by atoms with Gasteiger partial charge in [0.05, 0.1) is 0 Å². The second kappa shape index (κ2) is 6.12. The van der Waals surface area contributed by atoms with Crippen LogP contribution in [0.5, 0.6) is 0 Å². The summed E-state index contributed by atoms with van der Waals surface area (Å²) in [5.41, 5.74) is 0.495. The smallest absolute Gasteiger partial charge is 0.320 e. The van der Waals surface area contributed by atoms with Crippen LogP contribution in [0, 0.1) is 5.82 Å². The lowest BCUT2D eigenvalue weighted by Gasteiger charge is -2.24. The molecule has 0 heterocycles. The van der Waals surface area contributed by atoms with Crippen LogP contribution in [0.3, 0.4) is 0 Å². The van der Waals surface area contributed by atoms with Crippen molar-refractivity contribution in [2.75, 3.05) is 6.54 Å². The maximum absolute atomic E-state index is 13.5. The minimum absolute atomic E-state index is 0.287. The quantitative estimate of drug-likeness (QED) is 0.909. The molecule has 1 rings (SSSR count). The van der Waals surface area contributed by atoms with Crippen molar-refractivity contribution in [1.82, 2.24) is 4.90 Å². The topological polar surface area (TPSA) is 40.5 Å². The van der Waals surface area contributed by atoms with E-state index in [0.29, 0.717) is 12.1 Å². The van der Waals surface area contributed by atoms with Crippen molar-refractivity contribution in [2.45, 2.75) is 26.4 Å². The van der Waals surface area contributed by atoms with Gasteiger partial charge in [0.25, 0.3) is 0 Å². The molecule has 0 aromatic heterocycles. The zero-order chi connectivity index (χ0) is 13.0. The number of rotatable bonds is 5. The molecule has 0 saturated carbocycles. The number of benzene rings is 1. The predicted molar refractivity (Wildman–Crippen MR) is 67.3 cm³/mol. The van der Waals surface area contributed by atoms with Crippen LogP contribution >= 0.6 is 15.9 Å². The van der Waals surface area contributed by atoms with E-state index in [-0.39, 0.29) is 12.4 Å². The number of hydrogen-bond donors (Lipinski definition) is 1. The van der Waals surface area contributed by atoms with Crippen molar-refractivity contribution in [1.29, 1.82) is 0 Å². The number of carboxylic acid groups (broad SMARTS) is 1. The molecule has 3 nitrogen and oxygen atoms in total. The normalized spacial score (nSPS) is 12.8. The Hall–Kier alpha value is -0.940. The molecule has 1 aromatic carbocycles. The van der Waals surface area contributed by atoms with E-state index in [9.17, 15) is 9.18 Å². The van der Waals surface area contributed by atoms with E-state index < -0.39 is 12.0 Å². The van der Waals surface area contributed by atoms with E-state index in [1.165, 1.54) is 6.07 Å². The standard InChI is InChI=1S/C12H15BrFNO2/c1-3-15(8(2)12(16)17)7-9-6-10(13)4-5-11(9)14/h4-6,8H,3,7H2,1-2H3,(H,16,17). The fourth-order valence-corrected chi connectivity index (χ4v) is 1.97. The van der Waals surface area contributed by atoms with E-state index in [4.69, 9.17) is 5.11 Å². The zero-order valence-corrected chi connectivity index (χ0v) is 11.4. The molecule has 94 valence electrons. The van der Waals surface area contributed by atoms with E-state index >= 15 is 0 Å². The summed E-state index contributed by atoms with van der Waals surface area (Å²) in [5.74, 6) is -1.22. The molecule has 1 N–H and O–H groups in total. The Morgan fingerprint density at radius 1 is 1.59 bits per heavy atom. The first kappa shape index (κ1) is 14.1. The molecular weight excluding hydrogens is 289 g/mol. The molecule has 17 heavy (non-hydrogen) atoms. The summed E-state index contributed by atoms with van der Waals surface area (Å²) in [6.07, 6.45) is 0. The van der Waals surface area contributed by atoms with Crippen molar-refractivity contribution < 1.29 is 14.3 Å². The summed E-state index contributed by atoms with van der Waals surface area (Å²) in [5, 5.41) is 8.94. The summed E-state index contributed by atoms with van der Waals surface area (Å²) in [6.45, 7) is 4.30. The Balaban J connectivity index is 2.87. The van der Waals surface area contributed by atoms with Gasteiger partial charge in [-0.05, 0) is 31.7 Å². The van der Waals surface area contributed by atoms with Gasteiger partial charge in [-0.3, -0.25) is 9.69 Å². The van der Waals surface area contributed by atoms with E-state index in [1.807, 2.05) is 6.92 Å². The first-order valence-electron chi connectivity index (χ1n) is 5.36. The van der Waals surface area contributed by atoms with Gasteiger partial charge in [0.2, 0.25) is 0 Å². The van der Waals surface area contributed by atoms with Gasteiger partial charge >= 0.3 is 5.97 Å². The molecule has 0 aliphatic rings. The summed E-state index contributed by atoms with van der Waals surface area (Å²) in [7, 11) is 0. The molecule has 0 fully saturated rings. The molecule has 1 unspecified atom stereocenters. The molecule has 1 atom stereocenters. The molecule has 0 amide bonds. The third kappa shape index (κ3) is 3.78. The lowest BCUT2D eigenvalue weighted by Crippen LogP contribution is -2.38. The highest BCUT2D eigenvalue weighted by molar-refractivity contribution is 9.10. The maximum atomic E-state index is 13.5. The molecule has 0 radical (unpaired) electrons. The Labute approximate surface area is 108 Å². The van der Waals surface area contributed by atoms with Gasteiger partial charge in [0, 0.05) is 16.6 Å². The number of carboxylic acids is 1. The first-order chi connectivity index (χ1) is 7.95. The summed E-state index contributed by atoms with van der Waals surface area (Å²) in [6, 6.07) is 4.04. The van der Waals surface area contributed by atoms with Gasteiger partial charge in [-0.1, -0.05) is 22.9 Å². The molecular formula is C12H15BrFNO2. The highest BCUT2D eigenvalue weighted by atomic mass is 79.9. The minimum atomic E-state index is -0.901. The highest BCUT2D eigenvalue weighted by Gasteiger charge is 2.20. The number of carbonyl (C=O) groups is 1. The second-order valence-corrected chi connectivity index (χ2v) is 4.73. The maximum Gasteiger partial charge on any atom is 0.320 e. The van der Waals surface area contributed by atoms with Gasteiger partial charge in [-0.25, -0.2) is 4.39 Å². The molecule has 1 aromatic rings. The van der Waals surface area contributed by atoms with Crippen molar-refractivity contribution in [3.63, 3.8) is 0 Å². The highest BCUT2D eigenvalue weighted by Crippen LogP contribution is 2.18. The first-order valence-corrected chi connectivity index (χ1v) is 6.15. The van der Waals surface area contributed by atoms with Crippen LogP contribution in [0.15, 0.2) is 22.7 Å². The monoisotopic (exact) mass is 303 g/mol. The van der Waals surface area contributed by atoms with Gasteiger partial charge in [-0.15, -0.1) is 0 Å². The van der Waals surface area contributed by atoms with Crippen LogP contribution in [0.2, 0.25) is 0 Å². The largest absolute Gasteiger partial charge is 0.480 e. The number of hydrogen-bond acceptors (Lipinski definition) is 2. The Bertz CT molecular complexity index is 411. The fraction of sp³-hybridized carbons (Fsp3) is 0.417. The van der Waals surface area contributed by atoms with Crippen molar-refractivity contribution in [2.24, 2.45) is 0 Å². The summed E-state index contributed by atoms with van der Waals surface area (Å²) < 4.78 is 14.3. The van der Waals surface area contributed by atoms with Crippen molar-refractivity contribution >= 4 is 21.9 Å². The number of nitrogens with zero attached hydrogens (tertiary/aromatic N) is 1. The minimum Gasteiger partial charge on any atom is -0.480 e. The SMILES string of the molecule is CCN(Cc1cc(Br)ccc1F)C(C)C(=O)O. The third-order valence-corrected chi connectivity index (χ3v) is 3.19. The average molecular weight is 304 g/mol. The molecule has 5 heteroatoms. The van der Waals surface area contributed by atoms with Gasteiger partial charge in [0.15, 0.2) is 0 Å². The molecule has 0 saturated heterocycles. The van der Waals surface area contributed by atoms with E-state index in [0.717, 1.165) is 4.47 Å². The summed E-state index contributed by atoms with van der Waals surface area (Å²) >= 11 is 3.27. The molecule has 0 spiro atoms. The van der Waals surface area contributed by atoms with Gasteiger partial charge in [0.1, 0.15) is 11.9 Å². The van der Waals surface area contributed by atoms with E-state index in [1.54, 1.807) is 24.0 Å². The lowest BCUT2D eigenvalue weighted by molar-refractivity contribution is -0.142. The molecule has 0 bridgehead atoms. The number of aliphatic carboxylic acids is 1. The molecule has 0 aliphatic heterocycles. The zero-order valence-electron chi connectivity index (χ0n) is 9.78. The van der Waals surface area contributed by atoms with Crippen LogP contribution in [0.1, 0.15) is 19.4 Å². The average Bonchev–Trinajstić information content (AvgIpc) is 2.29. The predicted octanol–water partition coefficient (Wildman–Crippen LogP) is 2.88. The van der Waals surface area contributed by atoms with Crippen LogP contribution in [0.4, 0.5) is 4.39 Å². The second-order valence-electron chi connectivity index (χ2n) is 3.81. The van der Waals surface area contributed by atoms with Crippen LogP contribution in [0.25, 0.3) is 0 Å². The Morgan fingerprint density at radius 2 is 2.24 bits per heavy atom. The summed E-state index contributed by atoms with van der Waals surface area (Å²) in [4.78, 5) is 12.6. The van der Waals surface area contributed by atoms with Gasteiger partial charge < -0.3 is 5.11 Å². The molecule has 0 aliphatic carbocycles. The van der Waals surface area contributed by atoms with Crippen LogP contribution < -0.4 is 0 Å². The third-order valence-electron chi connectivity index (χ3n) is 2.69. The van der Waals surface area contributed by atoms with Crippen molar-refractivity contribution in [3.05, 3.63) is 34.1 Å². The number of likely N-dealkylation sites (N-methyl/N-ethyl adjacent to an activating group) is 1. The van der Waals surface area contributed by atoms with Crippen LogP contribution in [-0.2, 0) is 11.3 Å².